The molecule has 190 valence electrons. The third kappa shape index (κ3) is 8.26. The highest BCUT2D eigenvalue weighted by Gasteiger charge is 2.38. The second kappa shape index (κ2) is 15.7. The summed E-state index contributed by atoms with van der Waals surface area (Å²) < 4.78 is 12.9. The molecule has 2 rings (SSSR count). The summed E-state index contributed by atoms with van der Waals surface area (Å²) in [6.45, 7) is 10.9. The van der Waals surface area contributed by atoms with Gasteiger partial charge >= 0.3 is 11.9 Å². The molecule has 0 amide bonds. The molecule has 0 aliphatic carbocycles. The van der Waals surface area contributed by atoms with Gasteiger partial charge in [-0.05, 0) is 40.2 Å². The van der Waals surface area contributed by atoms with Gasteiger partial charge < -0.3 is 31.8 Å². The Hall–Kier alpha value is -2.15. The second-order valence-electron chi connectivity index (χ2n) is 8.57. The number of hydrogen-bond acceptors (Lipinski definition) is 5. The van der Waals surface area contributed by atoms with Crippen LogP contribution in [0.5, 0.6) is 0 Å². The number of aryl methyl sites for hydroxylation is 1. The second-order valence-corrected chi connectivity index (χ2v) is 8.57. The molecule has 34 heavy (non-hydrogen) atoms. The number of carbonyl (C=O) groups is 2. The van der Waals surface area contributed by atoms with Gasteiger partial charge in [0.1, 0.15) is 6.54 Å². The predicted octanol–water partition coefficient (Wildman–Crippen LogP) is 2.09. The Morgan fingerprint density at radius 1 is 0.882 bits per heavy atom. The van der Waals surface area contributed by atoms with Crippen LogP contribution in [0.25, 0.3) is 0 Å². The average molecular weight is 538 g/mol. The molecule has 1 aromatic rings. The van der Waals surface area contributed by atoms with Crippen LogP contribution in [0.15, 0.2) is 47.1 Å². The van der Waals surface area contributed by atoms with Crippen molar-refractivity contribution in [1.29, 1.82) is 0 Å². The number of halogens is 1. The van der Waals surface area contributed by atoms with Crippen LogP contribution in [-0.4, -0.2) is 25.2 Å². The van der Waals surface area contributed by atoms with Gasteiger partial charge in [-0.25, -0.2) is 14.2 Å². The SMILES string of the molecule is CCCCCCCCC[n+]1cccc(C2C(C(=O)OCC)=C(C)NC(C)=C2C(=O)OCC)c1.[Br-]. The minimum atomic E-state index is -0.536. The maximum Gasteiger partial charge on any atom is 0.336 e. The van der Waals surface area contributed by atoms with E-state index in [1.165, 1.54) is 38.5 Å². The number of hydrogen-bond donors (Lipinski definition) is 1. The third-order valence-corrected chi connectivity index (χ3v) is 5.99. The number of unbranched alkanes of at least 4 members (excludes halogenated alkanes) is 6. The molecular weight excluding hydrogens is 496 g/mol. The molecule has 1 aromatic heterocycles. The van der Waals surface area contributed by atoms with E-state index in [1.54, 1.807) is 13.8 Å². The van der Waals surface area contributed by atoms with Gasteiger partial charge in [0.05, 0.1) is 30.3 Å². The van der Waals surface area contributed by atoms with Gasteiger partial charge in [0, 0.05) is 29.4 Å². The molecule has 0 aromatic carbocycles. The van der Waals surface area contributed by atoms with Crippen molar-refractivity contribution in [2.45, 2.75) is 92.0 Å². The highest BCUT2D eigenvalue weighted by Crippen LogP contribution is 2.38. The Labute approximate surface area is 215 Å². The van der Waals surface area contributed by atoms with Crippen molar-refractivity contribution in [1.82, 2.24) is 5.32 Å². The zero-order valence-electron chi connectivity index (χ0n) is 21.4. The van der Waals surface area contributed by atoms with Crippen LogP contribution in [0, 0.1) is 0 Å². The summed E-state index contributed by atoms with van der Waals surface area (Å²) in [5, 5.41) is 3.19. The van der Waals surface area contributed by atoms with Crippen molar-refractivity contribution in [2.24, 2.45) is 0 Å². The van der Waals surface area contributed by atoms with Gasteiger partial charge in [0.15, 0.2) is 12.4 Å². The highest BCUT2D eigenvalue weighted by atomic mass is 79.9. The lowest BCUT2D eigenvalue weighted by Crippen LogP contribution is -3.00. The minimum Gasteiger partial charge on any atom is -1.00 e. The third-order valence-electron chi connectivity index (χ3n) is 5.99. The Morgan fingerprint density at radius 2 is 1.41 bits per heavy atom. The first kappa shape index (κ1) is 29.9. The molecule has 0 radical (unpaired) electrons. The Morgan fingerprint density at radius 3 is 1.94 bits per heavy atom. The monoisotopic (exact) mass is 536 g/mol. The van der Waals surface area contributed by atoms with Crippen molar-refractivity contribution >= 4 is 11.9 Å². The predicted molar refractivity (Wildman–Crippen MR) is 129 cm³/mol. The maximum absolute atomic E-state index is 12.9. The molecule has 6 nitrogen and oxygen atoms in total. The number of esters is 2. The summed E-state index contributed by atoms with van der Waals surface area (Å²) >= 11 is 0. The number of dihydropyridines is 1. The smallest absolute Gasteiger partial charge is 0.336 e. The van der Waals surface area contributed by atoms with E-state index in [2.05, 4.69) is 16.8 Å². The minimum absolute atomic E-state index is 0. The molecule has 0 bridgehead atoms. The Kier molecular flexibility index (Phi) is 13.8. The molecule has 1 aliphatic rings. The van der Waals surface area contributed by atoms with E-state index in [0.29, 0.717) is 22.5 Å². The molecule has 0 unspecified atom stereocenters. The van der Waals surface area contributed by atoms with Crippen LogP contribution in [0.1, 0.15) is 91.0 Å². The summed E-state index contributed by atoms with van der Waals surface area (Å²) in [4.78, 5) is 25.9. The summed E-state index contributed by atoms with van der Waals surface area (Å²) in [7, 11) is 0. The molecule has 0 saturated heterocycles. The molecule has 0 atom stereocenters. The standard InChI is InChI=1S/C27H40N2O4.BrH/c1-6-9-10-11-12-13-14-17-29-18-15-16-22(19-29)25-23(26(30)32-7-2)20(4)28-21(5)24(25)27(31)33-8-3;/h15-16,18-19,25H,6-14,17H2,1-5H3;1H. The Bertz CT molecular complexity index is 839. The zero-order valence-corrected chi connectivity index (χ0v) is 23.0. The summed E-state index contributed by atoms with van der Waals surface area (Å²) in [6, 6.07) is 3.95. The van der Waals surface area contributed by atoms with Gasteiger partial charge in [-0.15, -0.1) is 0 Å². The van der Waals surface area contributed by atoms with Crippen LogP contribution in [0.4, 0.5) is 0 Å². The summed E-state index contributed by atoms with van der Waals surface area (Å²) in [5.41, 5.74) is 3.20. The van der Waals surface area contributed by atoms with Crippen molar-refractivity contribution in [3.8, 4) is 0 Å². The van der Waals surface area contributed by atoms with Crippen LogP contribution in [0.3, 0.4) is 0 Å². The number of nitrogens with zero attached hydrogens (tertiary/aromatic N) is 1. The van der Waals surface area contributed by atoms with Crippen molar-refractivity contribution in [3.63, 3.8) is 0 Å². The lowest BCUT2D eigenvalue weighted by molar-refractivity contribution is -0.697. The number of aromatic nitrogens is 1. The fraction of sp³-hybridized carbons (Fsp3) is 0.593. The van der Waals surface area contributed by atoms with Gasteiger partial charge in [-0.3, -0.25) is 0 Å². The highest BCUT2D eigenvalue weighted by molar-refractivity contribution is 5.99. The first-order valence-corrected chi connectivity index (χ1v) is 12.5. The molecule has 0 fully saturated rings. The Balaban J connectivity index is 0.00000578. The topological polar surface area (TPSA) is 68.5 Å². The molecule has 0 saturated carbocycles. The van der Waals surface area contributed by atoms with Gasteiger partial charge in [0.25, 0.3) is 0 Å². The lowest BCUT2D eigenvalue weighted by atomic mass is 9.81. The van der Waals surface area contributed by atoms with Crippen LogP contribution in [0.2, 0.25) is 0 Å². The molecule has 0 spiro atoms. The normalized spacial score (nSPS) is 13.9. The van der Waals surface area contributed by atoms with E-state index in [4.69, 9.17) is 9.47 Å². The van der Waals surface area contributed by atoms with E-state index in [1.807, 2.05) is 38.4 Å². The van der Waals surface area contributed by atoms with Crippen LogP contribution in [-0.2, 0) is 25.6 Å². The molecular formula is C27H41BrN2O4. The summed E-state index contributed by atoms with van der Waals surface area (Å²) in [6.07, 6.45) is 12.9. The van der Waals surface area contributed by atoms with E-state index in [0.717, 1.165) is 18.5 Å². The number of nitrogens with one attached hydrogen (secondary N) is 1. The number of rotatable bonds is 13. The van der Waals surface area contributed by atoms with E-state index in [-0.39, 0.29) is 30.2 Å². The summed E-state index contributed by atoms with van der Waals surface area (Å²) in [5.74, 6) is -1.36. The first-order valence-electron chi connectivity index (χ1n) is 12.5. The fourth-order valence-corrected chi connectivity index (χ4v) is 4.39. The van der Waals surface area contributed by atoms with Crippen LogP contribution < -0.4 is 26.9 Å². The first-order chi connectivity index (χ1) is 15.9. The quantitative estimate of drug-likeness (QED) is 0.237. The van der Waals surface area contributed by atoms with Gasteiger partial charge in [0.2, 0.25) is 0 Å². The maximum atomic E-state index is 12.9. The van der Waals surface area contributed by atoms with E-state index >= 15 is 0 Å². The van der Waals surface area contributed by atoms with Gasteiger partial charge in [-0.1, -0.05) is 39.0 Å². The molecule has 1 N–H and O–H groups in total. The van der Waals surface area contributed by atoms with Crippen LogP contribution >= 0.6 is 0 Å². The number of allylic oxidation sites excluding steroid dienone is 2. The number of ether oxygens (including phenoxy) is 2. The van der Waals surface area contributed by atoms with E-state index in [9.17, 15) is 9.59 Å². The molecule has 1 aliphatic heterocycles. The number of pyridine rings is 1. The zero-order chi connectivity index (χ0) is 24.2. The van der Waals surface area contributed by atoms with Crippen molar-refractivity contribution < 1.29 is 40.6 Å². The molecule has 7 heteroatoms. The van der Waals surface area contributed by atoms with Crippen molar-refractivity contribution in [3.05, 3.63) is 52.6 Å². The largest absolute Gasteiger partial charge is 1.00 e. The van der Waals surface area contributed by atoms with E-state index < -0.39 is 17.9 Å². The number of carbonyl (C=O) groups excluding carboxylic acids is 2. The molecule has 2 heterocycles. The van der Waals surface area contributed by atoms with Gasteiger partial charge in [-0.2, -0.15) is 0 Å². The van der Waals surface area contributed by atoms with Crippen molar-refractivity contribution in [2.75, 3.05) is 13.2 Å². The average Bonchev–Trinajstić information content (AvgIpc) is 2.78. The fourth-order valence-electron chi connectivity index (χ4n) is 4.39. The lowest BCUT2D eigenvalue weighted by Gasteiger charge is -2.29.